The highest BCUT2D eigenvalue weighted by atomic mass is 16.6. The Morgan fingerprint density at radius 2 is 1.92 bits per heavy atom. The van der Waals surface area contributed by atoms with Crippen LogP contribution in [0.5, 0.6) is 0 Å². The molecule has 2 atom stereocenters. The van der Waals surface area contributed by atoms with Crippen LogP contribution in [0.25, 0.3) is 0 Å². The summed E-state index contributed by atoms with van der Waals surface area (Å²) in [5.74, 6) is 0.439. The second-order valence-corrected chi connectivity index (χ2v) is 8.21. The maximum Gasteiger partial charge on any atom is 0.410 e. The van der Waals surface area contributed by atoms with E-state index in [1.54, 1.807) is 0 Å². The predicted octanol–water partition coefficient (Wildman–Crippen LogP) is 3.61. The lowest BCUT2D eigenvalue weighted by atomic mass is 9.86. The largest absolute Gasteiger partial charge is 0.444 e. The maximum atomic E-state index is 12.4. The van der Waals surface area contributed by atoms with E-state index in [1.807, 2.05) is 25.7 Å². The highest BCUT2D eigenvalue weighted by Crippen LogP contribution is 2.27. The second-order valence-electron chi connectivity index (χ2n) is 8.21. The van der Waals surface area contributed by atoms with Crippen molar-refractivity contribution in [3.63, 3.8) is 0 Å². The lowest BCUT2D eigenvalue weighted by Gasteiger charge is -2.39. The van der Waals surface area contributed by atoms with Gasteiger partial charge in [-0.25, -0.2) is 4.79 Å². The van der Waals surface area contributed by atoms with E-state index in [-0.39, 0.29) is 6.09 Å². The van der Waals surface area contributed by atoms with Gasteiger partial charge in [0.05, 0.1) is 0 Å². The van der Waals surface area contributed by atoms with E-state index in [9.17, 15) is 4.79 Å². The van der Waals surface area contributed by atoms with Crippen LogP contribution in [0.1, 0.15) is 45.6 Å². The monoisotopic (exact) mass is 330 g/mol. The molecular weight excluding hydrogens is 300 g/mol. The molecule has 4 heteroatoms. The van der Waals surface area contributed by atoms with Crippen LogP contribution in [0, 0.1) is 5.92 Å². The van der Waals surface area contributed by atoms with Crippen molar-refractivity contribution in [1.29, 1.82) is 0 Å². The minimum absolute atomic E-state index is 0.176. The fourth-order valence-corrected chi connectivity index (χ4v) is 3.42. The van der Waals surface area contributed by atoms with Crippen molar-refractivity contribution in [2.45, 2.75) is 64.1 Å². The SMILES string of the molecule is CC(C)(C)OC(=O)N1CCC(NC2CC2)C(Cc2ccccc2)C1. The Balaban J connectivity index is 1.65. The third-order valence-electron chi connectivity index (χ3n) is 4.75. The van der Waals surface area contributed by atoms with Crippen molar-refractivity contribution in [3.8, 4) is 0 Å². The number of carbonyl (C=O) groups excluding carboxylic acids is 1. The number of rotatable bonds is 4. The number of nitrogens with zero attached hydrogens (tertiary/aromatic N) is 1. The molecule has 1 aromatic rings. The number of ether oxygens (including phenoxy) is 1. The van der Waals surface area contributed by atoms with Gasteiger partial charge in [0.2, 0.25) is 0 Å². The van der Waals surface area contributed by atoms with Gasteiger partial charge in [-0.05, 0) is 57.9 Å². The average Bonchev–Trinajstić information content (AvgIpc) is 3.32. The molecule has 132 valence electrons. The van der Waals surface area contributed by atoms with E-state index < -0.39 is 5.60 Å². The summed E-state index contributed by atoms with van der Waals surface area (Å²) in [5.41, 5.74) is 0.908. The molecular formula is C20H30N2O2. The molecule has 1 aliphatic carbocycles. The van der Waals surface area contributed by atoms with Crippen LogP contribution in [-0.4, -0.2) is 41.8 Å². The van der Waals surface area contributed by atoms with Crippen LogP contribution in [0.15, 0.2) is 30.3 Å². The summed E-state index contributed by atoms with van der Waals surface area (Å²) >= 11 is 0. The quantitative estimate of drug-likeness (QED) is 0.917. The van der Waals surface area contributed by atoms with Crippen LogP contribution >= 0.6 is 0 Å². The van der Waals surface area contributed by atoms with Gasteiger partial charge < -0.3 is 15.0 Å². The molecule has 2 unspecified atom stereocenters. The highest BCUT2D eigenvalue weighted by Gasteiger charge is 2.36. The number of hydrogen-bond donors (Lipinski definition) is 1. The number of piperidine rings is 1. The molecule has 0 aromatic heterocycles. The molecule has 1 saturated heterocycles. The molecule has 1 heterocycles. The molecule has 2 fully saturated rings. The Bertz CT molecular complexity index is 549. The zero-order chi connectivity index (χ0) is 17.2. The van der Waals surface area contributed by atoms with Crippen molar-refractivity contribution in [3.05, 3.63) is 35.9 Å². The molecule has 0 radical (unpaired) electrons. The Morgan fingerprint density at radius 3 is 2.54 bits per heavy atom. The van der Waals surface area contributed by atoms with Crippen LogP contribution in [0.4, 0.5) is 4.79 Å². The van der Waals surface area contributed by atoms with E-state index in [2.05, 4.69) is 35.6 Å². The molecule has 1 saturated carbocycles. The second kappa shape index (κ2) is 7.14. The minimum atomic E-state index is -0.435. The Kier molecular flexibility index (Phi) is 5.14. The molecule has 1 aromatic carbocycles. The van der Waals surface area contributed by atoms with Crippen LogP contribution < -0.4 is 5.32 Å². The molecule has 3 rings (SSSR count). The predicted molar refractivity (Wildman–Crippen MR) is 96.0 cm³/mol. The van der Waals surface area contributed by atoms with E-state index in [1.165, 1.54) is 18.4 Å². The van der Waals surface area contributed by atoms with Crippen LogP contribution in [0.2, 0.25) is 0 Å². The lowest BCUT2D eigenvalue weighted by molar-refractivity contribution is 0.0131. The van der Waals surface area contributed by atoms with Gasteiger partial charge in [0.15, 0.2) is 0 Å². The Hall–Kier alpha value is -1.55. The minimum Gasteiger partial charge on any atom is -0.444 e. The molecule has 1 N–H and O–H groups in total. The first-order valence-corrected chi connectivity index (χ1v) is 9.18. The maximum absolute atomic E-state index is 12.4. The average molecular weight is 330 g/mol. The Morgan fingerprint density at radius 1 is 1.21 bits per heavy atom. The number of hydrogen-bond acceptors (Lipinski definition) is 3. The van der Waals surface area contributed by atoms with Gasteiger partial charge in [0, 0.05) is 25.2 Å². The first-order chi connectivity index (χ1) is 11.4. The van der Waals surface area contributed by atoms with Gasteiger partial charge in [0.1, 0.15) is 5.60 Å². The van der Waals surface area contributed by atoms with Crippen molar-refractivity contribution in [2.75, 3.05) is 13.1 Å². The molecule has 1 aliphatic heterocycles. The van der Waals surface area contributed by atoms with Gasteiger partial charge in [-0.15, -0.1) is 0 Å². The fourth-order valence-electron chi connectivity index (χ4n) is 3.42. The molecule has 2 aliphatic rings. The van der Waals surface area contributed by atoms with E-state index in [0.29, 0.717) is 18.0 Å². The van der Waals surface area contributed by atoms with Crippen molar-refractivity contribution in [2.24, 2.45) is 5.92 Å². The van der Waals surface area contributed by atoms with Gasteiger partial charge in [-0.1, -0.05) is 30.3 Å². The summed E-state index contributed by atoms with van der Waals surface area (Å²) in [6, 6.07) is 11.8. The number of likely N-dealkylation sites (tertiary alicyclic amines) is 1. The van der Waals surface area contributed by atoms with E-state index in [0.717, 1.165) is 25.9 Å². The highest BCUT2D eigenvalue weighted by molar-refractivity contribution is 5.68. The fraction of sp³-hybridized carbons (Fsp3) is 0.650. The summed E-state index contributed by atoms with van der Waals surface area (Å²) in [4.78, 5) is 14.3. The number of carbonyl (C=O) groups is 1. The zero-order valence-electron chi connectivity index (χ0n) is 15.1. The van der Waals surface area contributed by atoms with Crippen molar-refractivity contribution in [1.82, 2.24) is 10.2 Å². The summed E-state index contributed by atoms with van der Waals surface area (Å²) in [7, 11) is 0. The van der Waals surface area contributed by atoms with Gasteiger partial charge in [-0.2, -0.15) is 0 Å². The van der Waals surface area contributed by atoms with Crippen molar-refractivity contribution < 1.29 is 9.53 Å². The first kappa shape index (κ1) is 17.3. The standard InChI is InChI=1S/C20H30N2O2/c1-20(2,3)24-19(23)22-12-11-18(21-17-9-10-17)16(14-22)13-15-7-5-4-6-8-15/h4-8,16-18,21H,9-14H2,1-3H3. The smallest absolute Gasteiger partial charge is 0.410 e. The molecule has 4 nitrogen and oxygen atoms in total. The Labute approximate surface area is 145 Å². The lowest BCUT2D eigenvalue weighted by Crippen LogP contribution is -2.53. The molecule has 0 bridgehead atoms. The third kappa shape index (κ3) is 4.97. The zero-order valence-corrected chi connectivity index (χ0v) is 15.1. The number of nitrogens with one attached hydrogen (secondary N) is 1. The normalized spacial score (nSPS) is 24.7. The summed E-state index contributed by atoms with van der Waals surface area (Å²) < 4.78 is 5.57. The number of benzene rings is 1. The summed E-state index contributed by atoms with van der Waals surface area (Å²) in [6.45, 7) is 7.33. The summed E-state index contributed by atoms with van der Waals surface area (Å²) in [5, 5.41) is 3.79. The van der Waals surface area contributed by atoms with Gasteiger partial charge in [-0.3, -0.25) is 0 Å². The van der Waals surface area contributed by atoms with Crippen LogP contribution in [0.3, 0.4) is 0 Å². The van der Waals surface area contributed by atoms with Crippen molar-refractivity contribution >= 4 is 6.09 Å². The van der Waals surface area contributed by atoms with Crippen LogP contribution in [-0.2, 0) is 11.2 Å². The topological polar surface area (TPSA) is 41.6 Å². The van der Waals surface area contributed by atoms with E-state index in [4.69, 9.17) is 4.74 Å². The van der Waals surface area contributed by atoms with Gasteiger partial charge in [0.25, 0.3) is 0 Å². The van der Waals surface area contributed by atoms with E-state index >= 15 is 0 Å². The third-order valence-corrected chi connectivity index (χ3v) is 4.75. The summed E-state index contributed by atoms with van der Waals surface area (Å²) in [6.07, 6.45) is 4.43. The molecule has 1 amide bonds. The van der Waals surface area contributed by atoms with Gasteiger partial charge >= 0.3 is 6.09 Å². The first-order valence-electron chi connectivity index (χ1n) is 9.18. The number of amides is 1. The molecule has 24 heavy (non-hydrogen) atoms. The molecule has 0 spiro atoms.